The Morgan fingerprint density at radius 1 is 1.26 bits per heavy atom. The lowest BCUT2D eigenvalue weighted by Gasteiger charge is -2.15. The van der Waals surface area contributed by atoms with Crippen LogP contribution in [0.4, 0.5) is 13.2 Å². The maximum Gasteiger partial charge on any atom is 0.416 e. The van der Waals surface area contributed by atoms with Crippen LogP contribution in [-0.2, 0) is 11.0 Å². The fourth-order valence-electron chi connectivity index (χ4n) is 2.91. The number of rotatable bonds is 5. The number of nitrogens with two attached hydrogens (primary N) is 1. The normalized spacial score (nSPS) is 22.1. The Hall–Kier alpha value is -1.27. The van der Waals surface area contributed by atoms with Crippen LogP contribution < -0.4 is 5.73 Å². The smallest absolute Gasteiger partial charge is 0.324 e. The summed E-state index contributed by atoms with van der Waals surface area (Å²) in [7, 11) is 0. The zero-order valence-electron chi connectivity index (χ0n) is 13.1. The summed E-state index contributed by atoms with van der Waals surface area (Å²) < 4.78 is 38.8. The number of hydrogen-bond acceptors (Lipinski definition) is 3. The average Bonchev–Trinajstić information content (AvgIpc) is 2.74. The first-order chi connectivity index (χ1) is 10.8. The largest absolute Gasteiger partial charge is 0.416 e. The summed E-state index contributed by atoms with van der Waals surface area (Å²) in [5.41, 5.74) is 6.94. The Morgan fingerprint density at radius 3 is 2.52 bits per heavy atom. The highest BCUT2D eigenvalue weighted by molar-refractivity contribution is 7.99. The molecule has 2 unspecified atom stereocenters. The number of Topliss-reactive ketones (excluding diaryl/α,β-unsaturated/α-hetero) is 1. The van der Waals surface area contributed by atoms with Crippen LogP contribution in [0.15, 0.2) is 29.8 Å². The van der Waals surface area contributed by atoms with Crippen LogP contribution in [0, 0.1) is 5.92 Å². The topological polar surface area (TPSA) is 43.1 Å². The minimum Gasteiger partial charge on any atom is -0.324 e. The van der Waals surface area contributed by atoms with E-state index in [1.54, 1.807) is 17.8 Å². The molecule has 0 saturated carbocycles. The molecule has 2 atom stereocenters. The molecule has 1 aromatic rings. The van der Waals surface area contributed by atoms with E-state index in [9.17, 15) is 18.0 Å². The van der Waals surface area contributed by atoms with E-state index in [0.717, 1.165) is 23.5 Å². The molecule has 2 rings (SSSR count). The number of ketones is 1. The third-order valence-electron chi connectivity index (χ3n) is 4.12. The van der Waals surface area contributed by atoms with Crippen molar-refractivity contribution in [2.24, 2.45) is 11.7 Å². The van der Waals surface area contributed by atoms with Crippen LogP contribution in [0.25, 0.3) is 5.57 Å². The van der Waals surface area contributed by atoms with Crippen molar-refractivity contribution in [1.82, 2.24) is 0 Å². The maximum atomic E-state index is 12.9. The standard InChI is InChI=1S/C17H20F3NOS/c1-3-12-15(21)13(9-23-4-2)14(16(12)22)10-6-5-7-11(8-10)17(18,19)20/h5-8,12,15H,3-4,9,21H2,1-2H3. The van der Waals surface area contributed by atoms with Crippen LogP contribution in [0.5, 0.6) is 0 Å². The van der Waals surface area contributed by atoms with Crippen molar-refractivity contribution in [3.8, 4) is 0 Å². The molecule has 23 heavy (non-hydrogen) atoms. The van der Waals surface area contributed by atoms with Gasteiger partial charge in [0.2, 0.25) is 0 Å². The first-order valence-electron chi connectivity index (χ1n) is 7.59. The van der Waals surface area contributed by atoms with Crippen molar-refractivity contribution in [2.45, 2.75) is 32.5 Å². The number of benzene rings is 1. The van der Waals surface area contributed by atoms with Gasteiger partial charge in [-0.05, 0) is 35.4 Å². The van der Waals surface area contributed by atoms with Gasteiger partial charge in [0.05, 0.1) is 5.56 Å². The van der Waals surface area contributed by atoms with Gasteiger partial charge in [-0.3, -0.25) is 4.79 Å². The summed E-state index contributed by atoms with van der Waals surface area (Å²) in [5, 5.41) is 0. The molecule has 2 nitrogen and oxygen atoms in total. The molecule has 0 aromatic heterocycles. The van der Waals surface area contributed by atoms with Gasteiger partial charge in [-0.2, -0.15) is 24.9 Å². The van der Waals surface area contributed by atoms with E-state index in [4.69, 9.17) is 5.73 Å². The molecule has 0 aliphatic heterocycles. The van der Waals surface area contributed by atoms with Crippen LogP contribution in [-0.4, -0.2) is 23.3 Å². The summed E-state index contributed by atoms with van der Waals surface area (Å²) in [6.07, 6.45) is -3.84. The van der Waals surface area contributed by atoms with Crippen molar-refractivity contribution >= 4 is 23.1 Å². The molecule has 0 fully saturated rings. The predicted molar refractivity (Wildman–Crippen MR) is 88.1 cm³/mol. The van der Waals surface area contributed by atoms with Crippen LogP contribution in [0.3, 0.4) is 0 Å². The first-order valence-corrected chi connectivity index (χ1v) is 8.74. The summed E-state index contributed by atoms with van der Waals surface area (Å²) >= 11 is 1.62. The molecule has 126 valence electrons. The number of thioether (sulfide) groups is 1. The second-order valence-corrected chi connectivity index (χ2v) is 6.79. The Kier molecular flexibility index (Phi) is 5.57. The monoisotopic (exact) mass is 343 g/mol. The summed E-state index contributed by atoms with van der Waals surface area (Å²) in [5.74, 6) is 0.959. The molecular weight excluding hydrogens is 323 g/mol. The highest BCUT2D eigenvalue weighted by Crippen LogP contribution is 2.39. The first kappa shape index (κ1) is 18.1. The third-order valence-corrected chi connectivity index (χ3v) is 5.04. The SMILES string of the molecule is CCSCC1=C(c2cccc(C(F)(F)F)c2)C(=O)C(CC)C1N. The van der Waals surface area contributed by atoms with Crippen molar-refractivity contribution in [1.29, 1.82) is 0 Å². The van der Waals surface area contributed by atoms with Crippen LogP contribution in [0.1, 0.15) is 31.4 Å². The van der Waals surface area contributed by atoms with Crippen molar-refractivity contribution in [2.75, 3.05) is 11.5 Å². The van der Waals surface area contributed by atoms with Gasteiger partial charge in [0.1, 0.15) is 0 Å². The van der Waals surface area contributed by atoms with Crippen LogP contribution in [0.2, 0.25) is 0 Å². The molecule has 0 radical (unpaired) electrons. The van der Waals surface area contributed by atoms with Gasteiger partial charge in [0, 0.05) is 23.3 Å². The van der Waals surface area contributed by atoms with Gasteiger partial charge in [-0.1, -0.05) is 26.0 Å². The Bertz CT molecular complexity index is 625. The zero-order chi connectivity index (χ0) is 17.2. The fraction of sp³-hybridized carbons (Fsp3) is 0.471. The van der Waals surface area contributed by atoms with Gasteiger partial charge in [0.25, 0.3) is 0 Å². The van der Waals surface area contributed by atoms with Gasteiger partial charge < -0.3 is 5.73 Å². The minimum absolute atomic E-state index is 0.133. The van der Waals surface area contributed by atoms with E-state index in [2.05, 4.69) is 0 Å². The molecule has 0 bridgehead atoms. The number of alkyl halides is 3. The van der Waals surface area contributed by atoms with Crippen molar-refractivity contribution in [3.63, 3.8) is 0 Å². The molecule has 2 N–H and O–H groups in total. The van der Waals surface area contributed by atoms with E-state index < -0.39 is 17.8 Å². The molecule has 0 heterocycles. The summed E-state index contributed by atoms with van der Waals surface area (Å²) in [6.45, 7) is 3.87. The van der Waals surface area contributed by atoms with E-state index in [1.165, 1.54) is 6.07 Å². The Balaban J connectivity index is 2.51. The van der Waals surface area contributed by atoms with E-state index >= 15 is 0 Å². The van der Waals surface area contributed by atoms with Gasteiger partial charge >= 0.3 is 6.18 Å². The lowest BCUT2D eigenvalue weighted by atomic mass is 9.95. The van der Waals surface area contributed by atoms with E-state index in [1.807, 2.05) is 13.8 Å². The Morgan fingerprint density at radius 2 is 1.96 bits per heavy atom. The molecule has 1 aliphatic carbocycles. The van der Waals surface area contributed by atoms with Crippen molar-refractivity contribution in [3.05, 3.63) is 41.0 Å². The maximum absolute atomic E-state index is 12.9. The quantitative estimate of drug-likeness (QED) is 0.873. The summed E-state index contributed by atoms with van der Waals surface area (Å²) in [4.78, 5) is 12.7. The third kappa shape index (κ3) is 3.63. The predicted octanol–water partition coefficient (Wildman–Crippen LogP) is 4.15. The Labute approximate surface area is 138 Å². The molecule has 1 aromatic carbocycles. The van der Waals surface area contributed by atoms with Crippen LogP contribution >= 0.6 is 11.8 Å². The molecule has 0 spiro atoms. The minimum atomic E-state index is -4.43. The lowest BCUT2D eigenvalue weighted by molar-refractivity contribution is -0.137. The van der Waals surface area contributed by atoms with E-state index in [0.29, 0.717) is 23.3 Å². The number of allylic oxidation sites excluding steroid dienone is 1. The van der Waals surface area contributed by atoms with Gasteiger partial charge in [-0.15, -0.1) is 0 Å². The molecule has 6 heteroatoms. The molecular formula is C17H20F3NOS. The number of carbonyl (C=O) groups excluding carboxylic acids is 1. The second kappa shape index (κ2) is 7.09. The van der Waals surface area contributed by atoms with Gasteiger partial charge in [0.15, 0.2) is 5.78 Å². The highest BCUT2D eigenvalue weighted by Gasteiger charge is 2.39. The fourth-order valence-corrected chi connectivity index (χ4v) is 3.68. The number of hydrogen-bond donors (Lipinski definition) is 1. The molecule has 1 aliphatic rings. The summed E-state index contributed by atoms with van der Waals surface area (Å²) in [6, 6.07) is 4.56. The zero-order valence-corrected chi connectivity index (χ0v) is 13.9. The lowest BCUT2D eigenvalue weighted by Crippen LogP contribution is -2.31. The average molecular weight is 343 g/mol. The second-order valence-electron chi connectivity index (χ2n) is 5.52. The van der Waals surface area contributed by atoms with Crippen molar-refractivity contribution < 1.29 is 18.0 Å². The molecule has 0 amide bonds. The molecule has 0 saturated heterocycles. The number of carbonyl (C=O) groups is 1. The number of halogens is 3. The van der Waals surface area contributed by atoms with E-state index in [-0.39, 0.29) is 11.7 Å². The highest BCUT2D eigenvalue weighted by atomic mass is 32.2. The van der Waals surface area contributed by atoms with Gasteiger partial charge in [-0.25, -0.2) is 0 Å².